The number of aryl methyl sites for hydroxylation is 1. The van der Waals surface area contributed by atoms with Crippen LogP contribution in [0, 0.1) is 0 Å². The van der Waals surface area contributed by atoms with Crippen molar-refractivity contribution in [2.24, 2.45) is 0 Å². The molecule has 21 heavy (non-hydrogen) atoms. The van der Waals surface area contributed by atoms with Gasteiger partial charge in [-0.05, 0) is 39.2 Å². The van der Waals surface area contributed by atoms with Crippen LogP contribution < -0.4 is 0 Å². The number of nitrogens with zero attached hydrogens (tertiary/aromatic N) is 3. The first-order valence-corrected chi connectivity index (χ1v) is 6.73. The fourth-order valence-corrected chi connectivity index (χ4v) is 2.68. The molecular formula is C16H21Cl2N3. The summed E-state index contributed by atoms with van der Waals surface area (Å²) in [5.41, 5.74) is 2.60. The number of fused-ring (bicyclic) bond motifs is 3. The van der Waals surface area contributed by atoms with Crippen LogP contribution in [-0.2, 0) is 6.54 Å². The largest absolute Gasteiger partial charge is 0.340 e. The maximum Gasteiger partial charge on any atom is 0.0522 e. The lowest BCUT2D eigenvalue weighted by Crippen LogP contribution is -2.15. The Morgan fingerprint density at radius 3 is 2.48 bits per heavy atom. The van der Waals surface area contributed by atoms with Gasteiger partial charge >= 0.3 is 0 Å². The van der Waals surface area contributed by atoms with E-state index < -0.39 is 0 Å². The number of halogens is 2. The zero-order chi connectivity index (χ0) is 13.2. The summed E-state index contributed by atoms with van der Waals surface area (Å²) < 4.78 is 2.41. The third-order valence-electron chi connectivity index (χ3n) is 3.56. The summed E-state index contributed by atoms with van der Waals surface area (Å²) in [6, 6.07) is 10.7. The Kier molecular flexibility index (Phi) is 6.46. The SMILES string of the molecule is CN(C)CCCn1c2ccccc2c2cnccc21.Cl.Cl. The molecule has 0 aliphatic carbocycles. The Labute approximate surface area is 137 Å². The van der Waals surface area contributed by atoms with Crippen molar-refractivity contribution in [2.45, 2.75) is 13.0 Å². The number of benzene rings is 1. The minimum atomic E-state index is 0. The molecule has 5 heteroatoms. The van der Waals surface area contributed by atoms with E-state index in [2.05, 4.69) is 58.9 Å². The zero-order valence-electron chi connectivity index (χ0n) is 12.3. The maximum atomic E-state index is 4.26. The molecule has 0 saturated heterocycles. The van der Waals surface area contributed by atoms with Crippen LogP contribution in [0.1, 0.15) is 6.42 Å². The molecule has 0 N–H and O–H groups in total. The Balaban J connectivity index is 0.00000110. The molecule has 0 atom stereocenters. The van der Waals surface area contributed by atoms with Gasteiger partial charge in [-0.25, -0.2) is 0 Å². The van der Waals surface area contributed by atoms with Crippen LogP contribution in [0.15, 0.2) is 42.7 Å². The molecule has 2 heterocycles. The molecule has 3 nitrogen and oxygen atoms in total. The van der Waals surface area contributed by atoms with E-state index in [-0.39, 0.29) is 24.8 Å². The zero-order valence-corrected chi connectivity index (χ0v) is 14.0. The molecule has 114 valence electrons. The van der Waals surface area contributed by atoms with Gasteiger partial charge in [-0.3, -0.25) is 4.98 Å². The third kappa shape index (κ3) is 3.49. The summed E-state index contributed by atoms with van der Waals surface area (Å²) in [5, 5.41) is 2.55. The number of hydrogen-bond acceptors (Lipinski definition) is 2. The highest BCUT2D eigenvalue weighted by Crippen LogP contribution is 2.28. The monoisotopic (exact) mass is 325 g/mol. The van der Waals surface area contributed by atoms with Gasteiger partial charge in [0.05, 0.1) is 5.52 Å². The minimum Gasteiger partial charge on any atom is -0.340 e. The standard InChI is InChI=1S/C16H19N3.2ClH/c1-18(2)10-5-11-19-15-7-4-3-6-13(15)14-12-17-9-8-16(14)19;;/h3-4,6-9,12H,5,10-11H2,1-2H3;2*1H. The molecule has 3 aromatic rings. The highest BCUT2D eigenvalue weighted by atomic mass is 35.5. The summed E-state index contributed by atoms with van der Waals surface area (Å²) in [7, 11) is 4.24. The molecule has 3 rings (SSSR count). The molecule has 0 bridgehead atoms. The first-order chi connectivity index (χ1) is 9.27. The van der Waals surface area contributed by atoms with E-state index in [1.165, 1.54) is 21.8 Å². The quantitative estimate of drug-likeness (QED) is 0.723. The highest BCUT2D eigenvalue weighted by molar-refractivity contribution is 6.07. The number of hydrogen-bond donors (Lipinski definition) is 0. The van der Waals surface area contributed by atoms with Gasteiger partial charge in [0.2, 0.25) is 0 Å². The average molecular weight is 326 g/mol. The summed E-state index contributed by atoms with van der Waals surface area (Å²) in [6.45, 7) is 2.16. The number of pyridine rings is 1. The third-order valence-corrected chi connectivity index (χ3v) is 3.56. The lowest BCUT2D eigenvalue weighted by Gasteiger charge is -2.11. The van der Waals surface area contributed by atoms with E-state index in [4.69, 9.17) is 0 Å². The molecule has 0 fully saturated rings. The second-order valence-electron chi connectivity index (χ2n) is 5.22. The van der Waals surface area contributed by atoms with E-state index in [0.29, 0.717) is 0 Å². The van der Waals surface area contributed by atoms with Crippen molar-refractivity contribution in [1.29, 1.82) is 0 Å². The second-order valence-corrected chi connectivity index (χ2v) is 5.22. The van der Waals surface area contributed by atoms with Crippen molar-refractivity contribution < 1.29 is 0 Å². The Morgan fingerprint density at radius 1 is 1.00 bits per heavy atom. The Bertz CT molecular complexity index is 654. The molecule has 0 saturated carbocycles. The fourth-order valence-electron chi connectivity index (χ4n) is 2.68. The summed E-state index contributed by atoms with van der Waals surface area (Å²) in [6.07, 6.45) is 5.01. The van der Waals surface area contributed by atoms with Crippen LogP contribution in [0.3, 0.4) is 0 Å². The van der Waals surface area contributed by atoms with Crippen molar-refractivity contribution in [3.05, 3.63) is 42.7 Å². The van der Waals surface area contributed by atoms with Gasteiger partial charge in [0.1, 0.15) is 0 Å². The van der Waals surface area contributed by atoms with Crippen molar-refractivity contribution in [3.8, 4) is 0 Å². The minimum absolute atomic E-state index is 0. The van der Waals surface area contributed by atoms with Crippen molar-refractivity contribution in [2.75, 3.05) is 20.6 Å². The maximum absolute atomic E-state index is 4.26. The van der Waals surface area contributed by atoms with Crippen LogP contribution in [0.2, 0.25) is 0 Å². The molecule has 0 aliphatic rings. The van der Waals surface area contributed by atoms with Crippen LogP contribution in [0.5, 0.6) is 0 Å². The van der Waals surface area contributed by atoms with Gasteiger partial charge in [-0.2, -0.15) is 0 Å². The molecule has 0 aliphatic heterocycles. The van der Waals surface area contributed by atoms with E-state index in [9.17, 15) is 0 Å². The topological polar surface area (TPSA) is 21.1 Å². The fraction of sp³-hybridized carbons (Fsp3) is 0.312. The smallest absolute Gasteiger partial charge is 0.0522 e. The predicted octanol–water partition coefficient (Wildman–Crippen LogP) is 3.98. The molecular weight excluding hydrogens is 305 g/mol. The van der Waals surface area contributed by atoms with Crippen LogP contribution >= 0.6 is 24.8 Å². The van der Waals surface area contributed by atoms with Crippen LogP contribution in [0.4, 0.5) is 0 Å². The molecule has 0 spiro atoms. The lowest BCUT2D eigenvalue weighted by atomic mass is 10.2. The number of rotatable bonds is 4. The van der Waals surface area contributed by atoms with Crippen molar-refractivity contribution in [1.82, 2.24) is 14.5 Å². The lowest BCUT2D eigenvalue weighted by molar-refractivity contribution is 0.389. The van der Waals surface area contributed by atoms with E-state index in [1.54, 1.807) is 0 Å². The Morgan fingerprint density at radius 2 is 1.71 bits per heavy atom. The molecule has 0 radical (unpaired) electrons. The van der Waals surface area contributed by atoms with Gasteiger partial charge in [0, 0.05) is 35.2 Å². The van der Waals surface area contributed by atoms with E-state index in [1.807, 2.05) is 12.4 Å². The summed E-state index contributed by atoms with van der Waals surface area (Å²) >= 11 is 0. The van der Waals surface area contributed by atoms with E-state index in [0.717, 1.165) is 19.5 Å². The predicted molar refractivity (Wildman–Crippen MR) is 94.9 cm³/mol. The van der Waals surface area contributed by atoms with Crippen molar-refractivity contribution >= 4 is 46.6 Å². The second kappa shape index (κ2) is 7.64. The average Bonchev–Trinajstić information content (AvgIpc) is 2.74. The molecule has 0 amide bonds. The van der Waals surface area contributed by atoms with E-state index >= 15 is 0 Å². The molecule has 2 aromatic heterocycles. The van der Waals surface area contributed by atoms with Gasteiger partial charge in [0.25, 0.3) is 0 Å². The Hall–Kier alpha value is -1.29. The molecule has 0 unspecified atom stereocenters. The van der Waals surface area contributed by atoms with Gasteiger partial charge in [-0.15, -0.1) is 24.8 Å². The number of para-hydroxylation sites is 1. The van der Waals surface area contributed by atoms with Gasteiger partial charge < -0.3 is 9.47 Å². The first-order valence-electron chi connectivity index (χ1n) is 6.73. The van der Waals surface area contributed by atoms with Crippen molar-refractivity contribution in [3.63, 3.8) is 0 Å². The summed E-state index contributed by atoms with van der Waals surface area (Å²) in [5.74, 6) is 0. The summed E-state index contributed by atoms with van der Waals surface area (Å²) in [4.78, 5) is 6.49. The first kappa shape index (κ1) is 17.8. The number of aromatic nitrogens is 2. The molecule has 1 aromatic carbocycles. The van der Waals surface area contributed by atoms with Crippen LogP contribution in [-0.4, -0.2) is 35.1 Å². The normalized spacial score (nSPS) is 10.6. The van der Waals surface area contributed by atoms with Gasteiger partial charge in [-0.1, -0.05) is 18.2 Å². The van der Waals surface area contributed by atoms with Gasteiger partial charge in [0.15, 0.2) is 0 Å². The highest BCUT2D eigenvalue weighted by Gasteiger charge is 2.09. The van der Waals surface area contributed by atoms with Crippen LogP contribution in [0.25, 0.3) is 21.8 Å².